The van der Waals surface area contributed by atoms with Gasteiger partial charge in [-0.2, -0.15) is 5.10 Å². The number of nitrogens with one attached hydrogen (secondary N) is 3. The van der Waals surface area contributed by atoms with Crippen molar-refractivity contribution in [3.8, 4) is 23.0 Å². The number of aromatic hydroxyl groups is 3. The number of phenols is 3. The van der Waals surface area contributed by atoms with Crippen LogP contribution in [-0.4, -0.2) is 244 Å². The van der Waals surface area contributed by atoms with Crippen molar-refractivity contribution in [1.29, 1.82) is 0 Å². The van der Waals surface area contributed by atoms with Crippen LogP contribution >= 0.6 is 0 Å². The lowest BCUT2D eigenvalue weighted by Gasteiger charge is -2.48. The summed E-state index contributed by atoms with van der Waals surface area (Å²) in [4.78, 5) is 43.2. The highest BCUT2D eigenvalue weighted by atomic mass is 16.7. The van der Waals surface area contributed by atoms with Gasteiger partial charge < -0.3 is 112 Å². The zero-order valence-electron chi connectivity index (χ0n) is 57.7. The Bertz CT molecular complexity index is 3160. The Labute approximate surface area is 562 Å². The van der Waals surface area contributed by atoms with Crippen LogP contribution in [0.5, 0.6) is 23.0 Å². The second-order valence-electron chi connectivity index (χ2n) is 27.7. The number of carbonyl (C=O) groups is 3. The van der Waals surface area contributed by atoms with Crippen LogP contribution in [0.15, 0.2) is 41.2 Å². The van der Waals surface area contributed by atoms with Gasteiger partial charge in [0.15, 0.2) is 18.3 Å². The number of fused-ring (bicyclic) bond motifs is 14. The van der Waals surface area contributed by atoms with Gasteiger partial charge in [-0.1, -0.05) is 58.8 Å². The fraction of sp³-hybridized carbons (Fsp3) is 0.706. The molecule has 96 heavy (non-hydrogen) atoms. The molecule has 0 radical (unpaired) electrons. The number of anilines is 1. The van der Waals surface area contributed by atoms with Crippen LogP contribution in [0.1, 0.15) is 129 Å². The number of rotatable bonds is 12. The quantitative estimate of drug-likeness (QED) is 0.0627. The van der Waals surface area contributed by atoms with Crippen molar-refractivity contribution in [2.75, 3.05) is 59.3 Å². The van der Waals surface area contributed by atoms with Crippen molar-refractivity contribution in [2.45, 2.75) is 229 Å². The van der Waals surface area contributed by atoms with Gasteiger partial charge in [-0.15, -0.1) is 0 Å². The maximum absolute atomic E-state index is 14.5. The number of carbonyl (C=O) groups excluding carboxylic acids is 3. The molecule has 13 unspecified atom stereocenters. The second-order valence-corrected chi connectivity index (χ2v) is 27.7. The number of Topliss-reactive ketones (excluding diaryl/α,β-unsaturated/α-hetero) is 1. The molecule has 538 valence electrons. The standard InChI is InChI=1S/C47H64N4O12.C21H43N5O7/c1-24-13-12-14-25(2)46(59)49-37-32(23-48-51-20-18-50(19-21-51)31-15-10-11-16-31)41(56)34-35(42(37)57)40(55)29(6)44-36(34)45(58)47(8,63-44)61-22-17-33(60-9)26(3)43(62-30(7)52)28(5)39(54)27(4)38(24)53;1-9(25-3)13-6-5-10(22)19(31-13)32-16-11(23)7-12(24)17(14(16)27)33-20-15(28)18(26-4)21(2,29)8-30-20/h12-14,17,22-24,26-28,31,33,38-39,43,53-57H,10-11,15-16,18-21H2,1-9H3,(H,49,59);9-20,25-29H,5-8,22-24H2,1-4H3/b13-12+,22-17+,25-14-,48-23-;/t24-,26-,27-,28-,33+,38+,39+,43-,47+;/m1./s1. The highest BCUT2D eigenvalue weighted by Crippen LogP contribution is 2.55. The van der Waals surface area contributed by atoms with Gasteiger partial charge in [-0.3, -0.25) is 24.3 Å². The normalized spacial score (nSPS) is 38.5. The molecular formula is C68H107N9O19. The first kappa shape index (κ1) is 76.1. The number of phenolic OH excluding ortho intramolecular Hbond substituents is 3. The van der Waals surface area contributed by atoms with E-state index in [9.17, 15) is 55.2 Å². The van der Waals surface area contributed by atoms with E-state index in [4.69, 9.17) is 55.1 Å². The topological polar surface area (TPSA) is 420 Å². The number of piperazine rings is 1. The average Bonchev–Trinajstić information content (AvgIpc) is 1.48. The van der Waals surface area contributed by atoms with Crippen molar-refractivity contribution in [1.82, 2.24) is 20.5 Å². The first-order chi connectivity index (χ1) is 45.3. The van der Waals surface area contributed by atoms with Gasteiger partial charge >= 0.3 is 11.8 Å². The van der Waals surface area contributed by atoms with Gasteiger partial charge in [0.1, 0.15) is 53.4 Å². The van der Waals surface area contributed by atoms with E-state index in [0.29, 0.717) is 32.0 Å². The number of aliphatic hydroxyl groups is 5. The van der Waals surface area contributed by atoms with E-state index < -0.39 is 150 Å². The fourth-order valence-electron chi connectivity index (χ4n) is 14.5. The Morgan fingerprint density at radius 3 is 2.07 bits per heavy atom. The number of ketones is 1. The summed E-state index contributed by atoms with van der Waals surface area (Å²) in [5, 5.41) is 106. The third kappa shape index (κ3) is 16.3. The number of benzene rings is 2. The SMILES string of the molecule is CNC(C)C1CCC(N)C(OC2C(N)CC(N)C(OC3OCC(C)(O)C(NC)C3O)C2O)O1.CO[C@H]1/C=C/O[C@@]2(C)Oc3c(C)c(O)c4c(O)c(c(/C=N\N5CCN(C6CCCC6)CC5)c(O)c4c3C2=O)NC(=O)/C(C)=C\C=C\[C@@H](C)[C@H](O)[C@@H](C)[C@H](O)[C@@H](C)[C@H](OC(C)=O)[C@@H]1C. The van der Waals surface area contributed by atoms with Crippen molar-refractivity contribution in [2.24, 2.45) is 46.0 Å². The molecule has 17 N–H and O–H groups in total. The number of likely N-dealkylation sites (N-methyl/N-ethyl adjacent to an activating group) is 2. The molecule has 22 atom stereocenters. The molecule has 10 rings (SSSR count). The van der Waals surface area contributed by atoms with Crippen molar-refractivity contribution in [3.63, 3.8) is 0 Å². The van der Waals surface area contributed by atoms with Crippen LogP contribution in [0, 0.1) is 30.6 Å². The molecule has 28 heteroatoms. The number of allylic oxidation sites excluding steroid dienone is 2. The van der Waals surface area contributed by atoms with Crippen molar-refractivity contribution >= 4 is 40.3 Å². The summed E-state index contributed by atoms with van der Waals surface area (Å²) >= 11 is 0. The number of hydrazone groups is 1. The van der Waals surface area contributed by atoms with Gasteiger partial charge in [0.2, 0.25) is 0 Å². The summed E-state index contributed by atoms with van der Waals surface area (Å²) in [5.41, 5.74) is 17.2. The number of hydrogen-bond acceptors (Lipinski definition) is 27. The van der Waals surface area contributed by atoms with E-state index in [1.165, 1.54) is 85.1 Å². The minimum atomic E-state index is -2.04. The second kappa shape index (κ2) is 32.1. The summed E-state index contributed by atoms with van der Waals surface area (Å²) in [5.74, 6) is -8.28. The van der Waals surface area contributed by atoms with Crippen LogP contribution in [0.25, 0.3) is 10.8 Å². The number of ether oxygens (including phenoxy) is 8. The van der Waals surface area contributed by atoms with Crippen LogP contribution in [0.4, 0.5) is 5.69 Å². The summed E-state index contributed by atoms with van der Waals surface area (Å²) in [6.07, 6.45) is 5.53. The molecule has 2 aromatic carbocycles. The lowest BCUT2D eigenvalue weighted by atomic mass is 9.78. The molecule has 5 fully saturated rings. The lowest BCUT2D eigenvalue weighted by molar-refractivity contribution is -0.307. The molecule has 8 aliphatic rings. The third-order valence-electron chi connectivity index (χ3n) is 20.8. The minimum absolute atomic E-state index is 0.0620. The van der Waals surface area contributed by atoms with Crippen LogP contribution < -0.4 is 37.9 Å². The number of methoxy groups -OCH3 is 1. The van der Waals surface area contributed by atoms with E-state index in [1.54, 1.807) is 53.8 Å². The number of nitrogens with two attached hydrogens (primary N) is 3. The molecule has 1 amide bonds. The first-order valence-electron chi connectivity index (χ1n) is 33.7. The number of amides is 1. The van der Waals surface area contributed by atoms with Crippen molar-refractivity contribution in [3.05, 3.63) is 52.8 Å². The zero-order valence-corrected chi connectivity index (χ0v) is 57.7. The highest BCUT2D eigenvalue weighted by Gasteiger charge is 2.53. The van der Waals surface area contributed by atoms with E-state index in [-0.39, 0.29) is 69.3 Å². The lowest BCUT2D eigenvalue weighted by Crippen LogP contribution is -2.68. The Hall–Kier alpha value is -5.64. The van der Waals surface area contributed by atoms with E-state index >= 15 is 0 Å². The van der Waals surface area contributed by atoms with Crippen LogP contribution in [0.2, 0.25) is 0 Å². The molecule has 0 spiro atoms. The molecule has 2 saturated carbocycles. The van der Waals surface area contributed by atoms with Gasteiger partial charge in [-0.05, 0) is 80.0 Å². The number of nitrogens with zero attached hydrogens (tertiary/aromatic N) is 3. The third-order valence-corrected chi connectivity index (χ3v) is 20.8. The number of esters is 1. The average molecular weight is 1350 g/mol. The molecule has 3 saturated heterocycles. The van der Waals surface area contributed by atoms with E-state index in [0.717, 1.165) is 19.5 Å². The van der Waals surface area contributed by atoms with Gasteiger partial charge in [0.25, 0.3) is 11.7 Å². The van der Waals surface area contributed by atoms with E-state index in [1.807, 2.05) is 19.0 Å². The minimum Gasteiger partial charge on any atom is -0.507 e. The van der Waals surface area contributed by atoms with Gasteiger partial charge in [-0.25, -0.2) is 0 Å². The predicted molar refractivity (Wildman–Crippen MR) is 357 cm³/mol. The molecule has 5 bridgehead atoms. The molecule has 28 nitrogen and oxygen atoms in total. The molecule has 0 aromatic heterocycles. The summed E-state index contributed by atoms with van der Waals surface area (Å²) in [6, 6.07) is -1.56. The largest absolute Gasteiger partial charge is 0.507 e. The predicted octanol–water partition coefficient (Wildman–Crippen LogP) is 2.32. The fourth-order valence-corrected chi connectivity index (χ4v) is 14.5. The zero-order chi connectivity index (χ0) is 70.6. The first-order valence-corrected chi connectivity index (χ1v) is 33.7. The summed E-state index contributed by atoms with van der Waals surface area (Å²) in [7, 11) is 4.94. The number of hydrogen-bond donors (Lipinski definition) is 14. The van der Waals surface area contributed by atoms with Crippen molar-refractivity contribution < 1.29 is 93.1 Å². The number of aliphatic hydroxyl groups excluding tert-OH is 4. The summed E-state index contributed by atoms with van der Waals surface area (Å²) in [6.45, 7) is 18.9. The molecule has 2 aliphatic carbocycles. The molecule has 2 aromatic rings. The maximum Gasteiger partial charge on any atom is 0.312 e. The molecular weight excluding hydrogens is 1250 g/mol. The Kier molecular flexibility index (Phi) is 25.5. The Morgan fingerprint density at radius 2 is 1.46 bits per heavy atom. The highest BCUT2D eigenvalue weighted by molar-refractivity contribution is 6.24. The van der Waals surface area contributed by atoms with Gasteiger partial charge in [0.05, 0.1) is 77.8 Å². The molecule has 6 aliphatic heterocycles. The summed E-state index contributed by atoms with van der Waals surface area (Å²) < 4.78 is 47.4. The van der Waals surface area contributed by atoms with Crippen LogP contribution in [-0.2, 0) is 42.7 Å². The van der Waals surface area contributed by atoms with E-state index in [2.05, 4.69) is 26.0 Å². The van der Waals surface area contributed by atoms with Gasteiger partial charge in [0, 0.05) is 111 Å². The Balaban J connectivity index is 0.000000299. The molecule has 6 heterocycles. The van der Waals surface area contributed by atoms with Crippen LogP contribution in [0.3, 0.4) is 0 Å². The Morgan fingerprint density at radius 1 is 0.812 bits per heavy atom. The monoisotopic (exact) mass is 1350 g/mol. The smallest absolute Gasteiger partial charge is 0.312 e. The maximum atomic E-state index is 14.5.